The number of nitrogens with zero attached hydrogens (tertiary/aromatic N) is 6. The van der Waals surface area contributed by atoms with Gasteiger partial charge in [0.2, 0.25) is 0 Å². The summed E-state index contributed by atoms with van der Waals surface area (Å²) in [6, 6.07) is 11.2. The van der Waals surface area contributed by atoms with E-state index >= 15 is 0 Å². The number of aliphatic hydroxyl groups excluding tert-OH is 1. The van der Waals surface area contributed by atoms with Crippen molar-refractivity contribution in [2.45, 2.75) is 33.6 Å². The molecule has 0 spiro atoms. The van der Waals surface area contributed by atoms with Crippen LogP contribution in [0.3, 0.4) is 0 Å². The summed E-state index contributed by atoms with van der Waals surface area (Å²) in [5, 5.41) is 9.23. The number of carbonyl (C=O) groups is 1. The Morgan fingerprint density at radius 1 is 0.800 bits per heavy atom. The minimum atomic E-state index is -0.0641. The van der Waals surface area contributed by atoms with Crippen LogP contribution in [0.1, 0.15) is 42.2 Å². The van der Waals surface area contributed by atoms with E-state index in [0.717, 1.165) is 34.3 Å². The number of hydrogen-bond acceptors (Lipinski definition) is 8. The van der Waals surface area contributed by atoms with Gasteiger partial charge in [0.15, 0.2) is 6.29 Å². The molecule has 0 aromatic carbocycles. The predicted octanol–water partition coefficient (Wildman–Crippen LogP) is 4.95. The molecular formula is C30H30N6O4. The molecule has 0 bridgehead atoms. The highest BCUT2D eigenvalue weighted by Crippen LogP contribution is 2.19. The molecule has 0 amide bonds. The molecule has 0 aliphatic heterocycles. The van der Waals surface area contributed by atoms with Gasteiger partial charge in [-0.3, -0.25) is 14.8 Å². The second-order valence-corrected chi connectivity index (χ2v) is 8.13. The van der Waals surface area contributed by atoms with E-state index in [0.29, 0.717) is 37.2 Å². The molecule has 6 heterocycles. The highest BCUT2D eigenvalue weighted by molar-refractivity contribution is 5.78. The maximum atomic E-state index is 10.9. The zero-order valence-corrected chi connectivity index (χ0v) is 22.0. The molecular weight excluding hydrogens is 508 g/mol. The Hall–Kier alpha value is -5.09. The average Bonchev–Trinajstić information content (AvgIpc) is 3.70. The number of aldehydes is 1. The van der Waals surface area contributed by atoms with Crippen molar-refractivity contribution in [2.75, 3.05) is 0 Å². The monoisotopic (exact) mass is 539 g/mol. The van der Waals surface area contributed by atoms with Crippen LogP contribution in [0, 0.1) is 0 Å². The molecule has 0 radical (unpaired) electrons. The Balaban J connectivity index is 0.000000173. The molecule has 10 nitrogen and oxygen atoms in total. The summed E-state index contributed by atoms with van der Waals surface area (Å²) in [7, 11) is 0. The number of pyridine rings is 4. The van der Waals surface area contributed by atoms with Gasteiger partial charge in [0, 0.05) is 67.6 Å². The van der Waals surface area contributed by atoms with E-state index in [1.807, 2.05) is 57.9 Å². The summed E-state index contributed by atoms with van der Waals surface area (Å²) < 4.78 is 21.4. The number of ether oxygens (including phenoxy) is 2. The summed E-state index contributed by atoms with van der Waals surface area (Å²) in [5.41, 5.74) is 4.88. The lowest BCUT2D eigenvalue weighted by Gasteiger charge is -2.09. The third-order valence-electron chi connectivity index (χ3n) is 5.75. The second-order valence-electron chi connectivity index (χ2n) is 8.13. The highest BCUT2D eigenvalue weighted by Gasteiger charge is 2.07. The Morgan fingerprint density at radius 3 is 1.93 bits per heavy atom. The lowest BCUT2D eigenvalue weighted by molar-refractivity contribution is 0.111. The predicted molar refractivity (Wildman–Crippen MR) is 150 cm³/mol. The second kappa shape index (κ2) is 14.2. The van der Waals surface area contributed by atoms with Gasteiger partial charge in [-0.25, -0.2) is 9.97 Å². The van der Waals surface area contributed by atoms with Crippen LogP contribution >= 0.6 is 0 Å². The first kappa shape index (κ1) is 26.5. The van der Waals surface area contributed by atoms with Crippen LogP contribution in [-0.2, 0) is 19.8 Å². The molecule has 204 valence electrons. The summed E-state index contributed by atoms with van der Waals surface area (Å²) in [5.74, 6) is 1.07. The molecule has 0 fully saturated rings. The average molecular weight is 540 g/mol. The van der Waals surface area contributed by atoms with Crippen molar-refractivity contribution >= 4 is 17.6 Å². The van der Waals surface area contributed by atoms with Crippen molar-refractivity contribution in [3.63, 3.8) is 0 Å². The largest absolute Gasteiger partial charge is 0.487 e. The van der Waals surface area contributed by atoms with Crippen molar-refractivity contribution in [3.05, 3.63) is 121 Å². The van der Waals surface area contributed by atoms with Crippen LogP contribution in [0.5, 0.6) is 11.5 Å². The van der Waals surface area contributed by atoms with Crippen LogP contribution in [0.4, 0.5) is 0 Å². The first-order chi connectivity index (χ1) is 20.2. The van der Waals surface area contributed by atoms with E-state index in [1.165, 1.54) is 6.20 Å². The number of fused-ring (bicyclic) bond motifs is 2. The number of hydrogen-bond donors (Lipinski definition) is 1. The van der Waals surface area contributed by atoms with E-state index < -0.39 is 0 Å². The molecule has 0 atom stereocenters. The minimum Gasteiger partial charge on any atom is -0.487 e. The Bertz CT molecular complexity index is 1690. The maximum absolute atomic E-state index is 10.9. The Morgan fingerprint density at radius 2 is 1.35 bits per heavy atom. The fraction of sp³-hybridized carbons (Fsp3) is 0.167. The number of aromatic nitrogens is 6. The van der Waals surface area contributed by atoms with Gasteiger partial charge in [-0.2, -0.15) is 0 Å². The molecule has 0 saturated heterocycles. The van der Waals surface area contributed by atoms with Gasteiger partial charge in [-0.15, -0.1) is 0 Å². The van der Waals surface area contributed by atoms with Gasteiger partial charge in [0.1, 0.15) is 36.0 Å². The van der Waals surface area contributed by atoms with E-state index in [2.05, 4.69) is 19.9 Å². The Kier molecular flexibility index (Phi) is 9.39. The van der Waals surface area contributed by atoms with Crippen molar-refractivity contribution in [1.29, 1.82) is 0 Å². The van der Waals surface area contributed by atoms with Crippen LogP contribution in [-0.4, -0.2) is 40.1 Å². The SMILES string of the molecule is O=Cc1ccncc1OCc1cccn2ccnc12.OCc1ccncc1OCc1cccn2ccnc12.[2H]CC. The van der Waals surface area contributed by atoms with Crippen molar-refractivity contribution in [3.8, 4) is 11.5 Å². The summed E-state index contributed by atoms with van der Waals surface area (Å²) in [6.45, 7) is 2.96. The van der Waals surface area contributed by atoms with Gasteiger partial charge < -0.3 is 23.4 Å². The van der Waals surface area contributed by atoms with Gasteiger partial charge >= 0.3 is 0 Å². The molecule has 40 heavy (non-hydrogen) atoms. The van der Waals surface area contributed by atoms with Crippen LogP contribution in [0.15, 0.2) is 98.4 Å². The normalized spacial score (nSPS) is 10.6. The lowest BCUT2D eigenvalue weighted by atomic mass is 10.2. The van der Waals surface area contributed by atoms with Crippen molar-refractivity contribution < 1.29 is 20.7 Å². The molecule has 6 aromatic rings. The van der Waals surface area contributed by atoms with Crippen molar-refractivity contribution in [2.24, 2.45) is 0 Å². The van der Waals surface area contributed by atoms with Gasteiger partial charge in [0.05, 0.1) is 24.6 Å². The third-order valence-corrected chi connectivity index (χ3v) is 5.75. The fourth-order valence-corrected chi connectivity index (χ4v) is 3.83. The quantitative estimate of drug-likeness (QED) is 0.270. The van der Waals surface area contributed by atoms with E-state index in [-0.39, 0.29) is 6.61 Å². The first-order valence-corrected chi connectivity index (χ1v) is 12.5. The summed E-state index contributed by atoms with van der Waals surface area (Å²) >= 11 is 0. The fourth-order valence-electron chi connectivity index (χ4n) is 3.83. The topological polar surface area (TPSA) is 116 Å². The highest BCUT2D eigenvalue weighted by atomic mass is 16.5. The molecule has 1 N–H and O–H groups in total. The Labute approximate surface area is 233 Å². The lowest BCUT2D eigenvalue weighted by Crippen LogP contribution is -2.01. The van der Waals surface area contributed by atoms with Gasteiger partial charge in [-0.1, -0.05) is 26.0 Å². The number of carbonyl (C=O) groups excluding carboxylic acids is 1. The zero-order chi connectivity index (χ0) is 28.9. The van der Waals surface area contributed by atoms with Gasteiger partial charge in [-0.05, 0) is 24.3 Å². The van der Waals surface area contributed by atoms with Gasteiger partial charge in [0.25, 0.3) is 0 Å². The van der Waals surface area contributed by atoms with Crippen molar-refractivity contribution in [1.82, 2.24) is 28.7 Å². The van der Waals surface area contributed by atoms with E-state index in [1.54, 1.807) is 50.0 Å². The number of rotatable bonds is 8. The smallest absolute Gasteiger partial charge is 0.153 e. The summed E-state index contributed by atoms with van der Waals surface area (Å²) in [6.07, 6.45) is 18.2. The standard InChI is InChI=1S/C14H13N3O2.C14H11N3O2.C2H6/c2*18-9-11-3-4-15-8-13(11)19-10-12-2-1-6-17-7-5-16-14(12)17;1-2/h1-8,18H,9-10H2;1-9H,10H2;1-2H3/i;;1D. The number of aliphatic hydroxyl groups is 1. The van der Waals surface area contributed by atoms with Crippen LogP contribution in [0.2, 0.25) is 0 Å². The maximum Gasteiger partial charge on any atom is 0.153 e. The summed E-state index contributed by atoms with van der Waals surface area (Å²) in [4.78, 5) is 27.4. The minimum absolute atomic E-state index is 0.0641. The molecule has 0 aliphatic rings. The molecule has 6 aromatic heterocycles. The zero-order valence-electron chi connectivity index (χ0n) is 23.0. The molecule has 0 unspecified atom stereocenters. The first-order valence-electron chi connectivity index (χ1n) is 13.2. The molecule has 0 saturated carbocycles. The molecule has 10 heteroatoms. The van der Waals surface area contributed by atoms with E-state index in [9.17, 15) is 9.90 Å². The molecule has 0 aliphatic carbocycles. The van der Waals surface area contributed by atoms with Crippen LogP contribution in [0.25, 0.3) is 11.3 Å². The van der Waals surface area contributed by atoms with Crippen LogP contribution < -0.4 is 9.47 Å². The number of imidazole rings is 2. The third kappa shape index (κ3) is 6.66. The molecule has 6 rings (SSSR count). The van der Waals surface area contributed by atoms with E-state index in [4.69, 9.17) is 10.8 Å².